The van der Waals surface area contributed by atoms with Crippen LogP contribution in [0, 0.1) is 6.92 Å². The quantitative estimate of drug-likeness (QED) is 0.787. The molecule has 1 atom stereocenters. The van der Waals surface area contributed by atoms with Gasteiger partial charge in [-0.2, -0.15) is 0 Å². The molecule has 0 bridgehead atoms. The molecular formula is C10H18N4O. The zero-order valence-corrected chi connectivity index (χ0v) is 9.69. The number of likely N-dealkylation sites (N-methyl/N-ethyl adjacent to an activating group) is 1. The van der Waals surface area contributed by atoms with Crippen LogP contribution < -0.4 is 15.4 Å². The van der Waals surface area contributed by atoms with Gasteiger partial charge in [0, 0.05) is 19.6 Å². The van der Waals surface area contributed by atoms with Crippen LogP contribution in [0.15, 0.2) is 6.33 Å². The van der Waals surface area contributed by atoms with Crippen molar-refractivity contribution in [2.75, 3.05) is 25.6 Å². The van der Waals surface area contributed by atoms with Crippen LogP contribution in [0.5, 0.6) is 5.88 Å². The molecule has 84 valence electrons. The Balaban J connectivity index is 3.03. The van der Waals surface area contributed by atoms with Gasteiger partial charge in [0.25, 0.3) is 0 Å². The van der Waals surface area contributed by atoms with E-state index in [4.69, 9.17) is 10.5 Å². The Kier molecular flexibility index (Phi) is 3.85. The van der Waals surface area contributed by atoms with Crippen molar-refractivity contribution in [2.24, 2.45) is 5.73 Å². The summed E-state index contributed by atoms with van der Waals surface area (Å²) in [7, 11) is 3.57. The summed E-state index contributed by atoms with van der Waals surface area (Å²) in [5.41, 5.74) is 6.55. The highest BCUT2D eigenvalue weighted by Gasteiger charge is 2.14. The Hall–Kier alpha value is -1.36. The lowest BCUT2D eigenvalue weighted by Gasteiger charge is -2.26. The summed E-state index contributed by atoms with van der Waals surface area (Å²) >= 11 is 0. The first-order chi connectivity index (χ1) is 7.11. The van der Waals surface area contributed by atoms with Crippen molar-refractivity contribution >= 4 is 5.82 Å². The van der Waals surface area contributed by atoms with E-state index in [1.165, 1.54) is 6.33 Å². The molecule has 1 rings (SSSR count). The van der Waals surface area contributed by atoms with Crippen LogP contribution in [-0.4, -0.2) is 36.7 Å². The lowest BCUT2D eigenvalue weighted by Crippen LogP contribution is -2.36. The average Bonchev–Trinajstić information content (AvgIpc) is 2.27. The van der Waals surface area contributed by atoms with Crippen LogP contribution in [0.4, 0.5) is 5.82 Å². The number of hydrogen-bond acceptors (Lipinski definition) is 5. The molecule has 0 spiro atoms. The lowest BCUT2D eigenvalue weighted by atomic mass is 10.2. The minimum Gasteiger partial charge on any atom is -0.481 e. The predicted octanol–water partition coefficient (Wildman–Crippen LogP) is 0.577. The van der Waals surface area contributed by atoms with E-state index >= 15 is 0 Å². The van der Waals surface area contributed by atoms with Crippen molar-refractivity contribution in [3.05, 3.63) is 11.9 Å². The Labute approximate surface area is 90.3 Å². The number of ether oxygens (including phenoxy) is 1. The van der Waals surface area contributed by atoms with E-state index in [9.17, 15) is 0 Å². The summed E-state index contributed by atoms with van der Waals surface area (Å²) < 4.78 is 5.14. The van der Waals surface area contributed by atoms with E-state index in [0.29, 0.717) is 12.4 Å². The zero-order valence-electron chi connectivity index (χ0n) is 9.69. The third kappa shape index (κ3) is 2.36. The van der Waals surface area contributed by atoms with Gasteiger partial charge in [-0.1, -0.05) is 0 Å². The molecule has 0 aromatic carbocycles. The van der Waals surface area contributed by atoms with Gasteiger partial charge in [0.15, 0.2) is 0 Å². The van der Waals surface area contributed by atoms with Gasteiger partial charge in [-0.05, 0) is 13.8 Å². The topological polar surface area (TPSA) is 64.3 Å². The highest BCUT2D eigenvalue weighted by atomic mass is 16.5. The van der Waals surface area contributed by atoms with E-state index in [-0.39, 0.29) is 6.04 Å². The molecule has 0 amide bonds. The Bertz CT molecular complexity index is 329. The van der Waals surface area contributed by atoms with Crippen LogP contribution >= 0.6 is 0 Å². The highest BCUT2D eigenvalue weighted by Crippen LogP contribution is 2.23. The second kappa shape index (κ2) is 4.93. The molecule has 1 aromatic heterocycles. The Morgan fingerprint density at radius 3 is 2.73 bits per heavy atom. The number of nitrogens with zero attached hydrogens (tertiary/aromatic N) is 3. The predicted molar refractivity (Wildman–Crippen MR) is 60.2 cm³/mol. The molecule has 0 fully saturated rings. The van der Waals surface area contributed by atoms with Crippen LogP contribution in [0.3, 0.4) is 0 Å². The second-order valence-corrected chi connectivity index (χ2v) is 3.53. The molecule has 0 saturated heterocycles. The van der Waals surface area contributed by atoms with Crippen molar-refractivity contribution in [3.8, 4) is 5.88 Å². The summed E-state index contributed by atoms with van der Waals surface area (Å²) in [6.45, 7) is 4.57. The number of anilines is 1. The largest absolute Gasteiger partial charge is 0.481 e. The molecular weight excluding hydrogens is 192 g/mol. The maximum absolute atomic E-state index is 5.61. The fourth-order valence-corrected chi connectivity index (χ4v) is 1.35. The van der Waals surface area contributed by atoms with Gasteiger partial charge >= 0.3 is 0 Å². The fraction of sp³-hybridized carbons (Fsp3) is 0.600. The van der Waals surface area contributed by atoms with Crippen molar-refractivity contribution < 1.29 is 4.74 Å². The van der Waals surface area contributed by atoms with Crippen molar-refractivity contribution in [2.45, 2.75) is 19.9 Å². The Morgan fingerprint density at radius 2 is 2.20 bits per heavy atom. The molecule has 2 N–H and O–H groups in total. The molecule has 0 aliphatic heterocycles. The first-order valence-electron chi connectivity index (χ1n) is 4.90. The maximum atomic E-state index is 5.61. The number of methoxy groups -OCH3 is 1. The minimum absolute atomic E-state index is 0.239. The summed E-state index contributed by atoms with van der Waals surface area (Å²) in [5, 5.41) is 0. The van der Waals surface area contributed by atoms with Gasteiger partial charge in [-0.25, -0.2) is 9.97 Å². The second-order valence-electron chi connectivity index (χ2n) is 3.53. The fourth-order valence-electron chi connectivity index (χ4n) is 1.35. The van der Waals surface area contributed by atoms with Gasteiger partial charge in [0.1, 0.15) is 12.1 Å². The number of hydrogen-bond donors (Lipinski definition) is 1. The Morgan fingerprint density at radius 1 is 1.53 bits per heavy atom. The van der Waals surface area contributed by atoms with E-state index in [1.807, 2.05) is 25.8 Å². The summed E-state index contributed by atoms with van der Waals surface area (Å²) in [6, 6.07) is 0.239. The van der Waals surface area contributed by atoms with Crippen LogP contribution in [-0.2, 0) is 0 Å². The summed E-state index contributed by atoms with van der Waals surface area (Å²) in [4.78, 5) is 10.3. The molecule has 5 nitrogen and oxygen atoms in total. The SMILES string of the molecule is COc1ncnc(N(C)C(C)CN)c1C. The molecule has 1 aromatic rings. The number of nitrogens with two attached hydrogens (primary N) is 1. The molecule has 1 heterocycles. The van der Waals surface area contributed by atoms with E-state index in [1.54, 1.807) is 7.11 Å². The van der Waals surface area contributed by atoms with Crippen LogP contribution in [0.25, 0.3) is 0 Å². The van der Waals surface area contributed by atoms with Gasteiger partial charge in [-0.3, -0.25) is 0 Å². The molecule has 0 saturated carbocycles. The molecule has 5 heteroatoms. The zero-order chi connectivity index (χ0) is 11.4. The maximum Gasteiger partial charge on any atom is 0.221 e. The summed E-state index contributed by atoms with van der Waals surface area (Å²) in [5.74, 6) is 1.47. The van der Waals surface area contributed by atoms with Gasteiger partial charge in [0.05, 0.1) is 12.7 Å². The number of aromatic nitrogens is 2. The average molecular weight is 210 g/mol. The van der Waals surface area contributed by atoms with E-state index < -0.39 is 0 Å². The molecule has 0 radical (unpaired) electrons. The van der Waals surface area contributed by atoms with Crippen LogP contribution in [0.1, 0.15) is 12.5 Å². The smallest absolute Gasteiger partial charge is 0.221 e. The van der Waals surface area contributed by atoms with Crippen LogP contribution in [0.2, 0.25) is 0 Å². The van der Waals surface area contributed by atoms with E-state index in [2.05, 4.69) is 9.97 Å². The highest BCUT2D eigenvalue weighted by molar-refractivity contribution is 5.50. The molecule has 0 aliphatic rings. The van der Waals surface area contributed by atoms with Crippen molar-refractivity contribution in [1.82, 2.24) is 9.97 Å². The van der Waals surface area contributed by atoms with Gasteiger partial charge < -0.3 is 15.4 Å². The number of rotatable bonds is 4. The first kappa shape index (κ1) is 11.7. The standard InChI is InChI=1S/C10H18N4O/c1-7(5-11)14(3)9-8(2)10(15-4)13-6-12-9/h6-7H,5,11H2,1-4H3. The minimum atomic E-state index is 0.239. The van der Waals surface area contributed by atoms with Crippen molar-refractivity contribution in [3.63, 3.8) is 0 Å². The third-order valence-electron chi connectivity index (χ3n) is 2.54. The van der Waals surface area contributed by atoms with E-state index in [0.717, 1.165) is 11.4 Å². The molecule has 0 aliphatic carbocycles. The van der Waals surface area contributed by atoms with Gasteiger partial charge in [0.2, 0.25) is 5.88 Å². The van der Waals surface area contributed by atoms with Gasteiger partial charge in [-0.15, -0.1) is 0 Å². The van der Waals surface area contributed by atoms with Crippen molar-refractivity contribution in [1.29, 1.82) is 0 Å². The molecule has 15 heavy (non-hydrogen) atoms. The monoisotopic (exact) mass is 210 g/mol. The normalized spacial score (nSPS) is 12.3. The lowest BCUT2D eigenvalue weighted by molar-refractivity contribution is 0.393. The third-order valence-corrected chi connectivity index (χ3v) is 2.54. The molecule has 1 unspecified atom stereocenters. The first-order valence-corrected chi connectivity index (χ1v) is 4.90. The summed E-state index contributed by atoms with van der Waals surface area (Å²) in [6.07, 6.45) is 1.50.